The Bertz CT molecular complexity index is 325. The summed E-state index contributed by atoms with van der Waals surface area (Å²) < 4.78 is 0. The maximum Gasteiger partial charge on any atom is 0.238 e. The minimum Gasteiger partial charge on any atom is -0.347 e. The van der Waals surface area contributed by atoms with Gasteiger partial charge in [-0.2, -0.15) is 0 Å². The zero-order valence-electron chi connectivity index (χ0n) is 12.6. The van der Waals surface area contributed by atoms with Gasteiger partial charge in [-0.15, -0.1) is 0 Å². The lowest BCUT2D eigenvalue weighted by Gasteiger charge is -2.54. The van der Waals surface area contributed by atoms with Crippen LogP contribution in [0.25, 0.3) is 0 Å². The molecule has 3 heteroatoms. The zero-order chi connectivity index (χ0) is 13.6. The molecular weight excluding hydrogens is 236 g/mol. The van der Waals surface area contributed by atoms with Gasteiger partial charge in [0.1, 0.15) is 0 Å². The van der Waals surface area contributed by atoms with Gasteiger partial charge in [-0.3, -0.25) is 4.79 Å². The van der Waals surface area contributed by atoms with Crippen molar-refractivity contribution in [2.75, 3.05) is 20.6 Å². The highest BCUT2D eigenvalue weighted by Crippen LogP contribution is 2.56. The van der Waals surface area contributed by atoms with Crippen LogP contribution in [0.4, 0.5) is 0 Å². The quantitative estimate of drug-likeness (QED) is 0.843. The second-order valence-electron chi connectivity index (χ2n) is 7.46. The maximum absolute atomic E-state index is 11.9. The van der Waals surface area contributed by atoms with Crippen LogP contribution in [0.1, 0.15) is 39.0 Å². The topological polar surface area (TPSA) is 32.3 Å². The fraction of sp³-hybridized carbons (Fsp3) is 0.938. The van der Waals surface area contributed by atoms with Gasteiger partial charge >= 0.3 is 0 Å². The van der Waals surface area contributed by atoms with E-state index in [9.17, 15) is 4.79 Å². The highest BCUT2D eigenvalue weighted by molar-refractivity contribution is 5.80. The Labute approximate surface area is 117 Å². The average molecular weight is 264 g/mol. The lowest BCUT2D eigenvalue weighted by molar-refractivity contribution is -0.130. The second kappa shape index (κ2) is 5.08. The van der Waals surface area contributed by atoms with Gasteiger partial charge in [-0.25, -0.2) is 0 Å². The molecule has 1 unspecified atom stereocenters. The highest BCUT2D eigenvalue weighted by Gasteiger charge is 2.47. The van der Waals surface area contributed by atoms with Gasteiger partial charge in [0.2, 0.25) is 5.91 Å². The minimum absolute atomic E-state index is 0.0350. The van der Waals surface area contributed by atoms with E-state index in [1.54, 1.807) is 4.90 Å². The molecule has 0 aromatic heterocycles. The van der Waals surface area contributed by atoms with Crippen LogP contribution in [0, 0.1) is 29.6 Å². The molecule has 108 valence electrons. The zero-order valence-corrected chi connectivity index (χ0v) is 12.6. The molecular formula is C16H28N2O. The summed E-state index contributed by atoms with van der Waals surface area (Å²) in [5, 5.41) is 3.50. The molecule has 4 rings (SSSR count). The summed E-state index contributed by atoms with van der Waals surface area (Å²) >= 11 is 0. The first-order chi connectivity index (χ1) is 9.04. The fourth-order valence-corrected chi connectivity index (χ4v) is 5.16. The number of amides is 1. The third kappa shape index (κ3) is 2.54. The van der Waals surface area contributed by atoms with Crippen LogP contribution in [-0.2, 0) is 4.79 Å². The van der Waals surface area contributed by atoms with Gasteiger partial charge in [0.05, 0.1) is 6.04 Å². The molecule has 3 nitrogen and oxygen atoms in total. The Morgan fingerprint density at radius 2 is 1.63 bits per heavy atom. The normalized spacial score (nSPS) is 41.3. The first kappa shape index (κ1) is 13.4. The molecule has 0 aromatic carbocycles. The van der Waals surface area contributed by atoms with E-state index in [1.165, 1.54) is 32.1 Å². The Balaban J connectivity index is 1.55. The van der Waals surface area contributed by atoms with Gasteiger partial charge in [0.25, 0.3) is 0 Å². The third-order valence-electron chi connectivity index (χ3n) is 5.89. The molecule has 0 heterocycles. The van der Waals surface area contributed by atoms with Crippen molar-refractivity contribution in [2.24, 2.45) is 29.6 Å². The van der Waals surface area contributed by atoms with E-state index < -0.39 is 0 Å². The molecule has 4 aliphatic carbocycles. The summed E-state index contributed by atoms with van der Waals surface area (Å²) in [5.74, 6) is 5.02. The third-order valence-corrected chi connectivity index (χ3v) is 5.89. The van der Waals surface area contributed by atoms with E-state index >= 15 is 0 Å². The van der Waals surface area contributed by atoms with Gasteiger partial charge in [-0.1, -0.05) is 0 Å². The number of nitrogens with zero attached hydrogens (tertiary/aromatic N) is 1. The molecule has 1 atom stereocenters. The van der Waals surface area contributed by atoms with Crippen LogP contribution in [0.15, 0.2) is 0 Å². The number of rotatable bonds is 4. The van der Waals surface area contributed by atoms with Gasteiger partial charge < -0.3 is 10.2 Å². The largest absolute Gasteiger partial charge is 0.347 e. The smallest absolute Gasteiger partial charge is 0.238 e. The Morgan fingerprint density at radius 1 is 1.11 bits per heavy atom. The Morgan fingerprint density at radius 3 is 2.11 bits per heavy atom. The van der Waals surface area contributed by atoms with E-state index in [0.717, 1.165) is 36.1 Å². The van der Waals surface area contributed by atoms with Crippen LogP contribution in [0.3, 0.4) is 0 Å². The van der Waals surface area contributed by atoms with Crippen LogP contribution in [0.5, 0.6) is 0 Å². The van der Waals surface area contributed by atoms with E-state index in [0.29, 0.717) is 0 Å². The van der Waals surface area contributed by atoms with E-state index in [-0.39, 0.29) is 11.9 Å². The average Bonchev–Trinajstić information content (AvgIpc) is 2.35. The van der Waals surface area contributed by atoms with E-state index in [2.05, 4.69) is 5.32 Å². The number of likely N-dealkylation sites (N-methyl/N-ethyl adjacent to an activating group) is 1. The van der Waals surface area contributed by atoms with Crippen LogP contribution >= 0.6 is 0 Å². The van der Waals surface area contributed by atoms with E-state index in [1.807, 2.05) is 21.0 Å². The van der Waals surface area contributed by atoms with Crippen LogP contribution in [0.2, 0.25) is 0 Å². The lowest BCUT2D eigenvalue weighted by Crippen LogP contribution is -2.51. The van der Waals surface area contributed by atoms with Gasteiger partial charge in [-0.05, 0) is 75.2 Å². The SMILES string of the molecule is CC(NCC1C2CC3CC(C2)CC1C3)C(=O)N(C)C. The van der Waals surface area contributed by atoms with Crippen LogP contribution < -0.4 is 5.32 Å². The number of nitrogens with one attached hydrogen (secondary N) is 1. The second-order valence-corrected chi connectivity index (χ2v) is 7.46. The van der Waals surface area contributed by atoms with Crippen molar-refractivity contribution in [3.63, 3.8) is 0 Å². The van der Waals surface area contributed by atoms with Crippen molar-refractivity contribution in [3.8, 4) is 0 Å². The Hall–Kier alpha value is -0.570. The van der Waals surface area contributed by atoms with Crippen molar-refractivity contribution in [3.05, 3.63) is 0 Å². The number of hydrogen-bond acceptors (Lipinski definition) is 2. The molecule has 0 aliphatic heterocycles. The minimum atomic E-state index is -0.0350. The van der Waals surface area contributed by atoms with Gasteiger partial charge in [0.15, 0.2) is 0 Å². The molecule has 0 radical (unpaired) electrons. The summed E-state index contributed by atoms with van der Waals surface area (Å²) in [4.78, 5) is 13.6. The Kier molecular flexibility index (Phi) is 3.59. The number of carbonyl (C=O) groups is 1. The highest BCUT2D eigenvalue weighted by atomic mass is 16.2. The van der Waals surface area contributed by atoms with Crippen LogP contribution in [-0.4, -0.2) is 37.5 Å². The van der Waals surface area contributed by atoms with Crippen molar-refractivity contribution in [2.45, 2.75) is 45.1 Å². The summed E-state index contributed by atoms with van der Waals surface area (Å²) in [6, 6.07) is -0.0350. The summed E-state index contributed by atoms with van der Waals surface area (Å²) in [6.07, 6.45) is 7.39. The molecule has 4 aliphatic rings. The van der Waals surface area contributed by atoms with Crippen molar-refractivity contribution in [1.29, 1.82) is 0 Å². The molecule has 1 amide bonds. The first-order valence-corrected chi connectivity index (χ1v) is 7.99. The standard InChI is InChI=1S/C16H28N2O/c1-10(16(19)18(2)3)17-9-15-13-5-11-4-12(7-13)8-14(15)6-11/h10-15,17H,4-9H2,1-3H3. The van der Waals surface area contributed by atoms with E-state index in [4.69, 9.17) is 0 Å². The predicted octanol–water partition coefficient (Wildman–Crippen LogP) is 2.12. The van der Waals surface area contributed by atoms with Crippen molar-refractivity contribution in [1.82, 2.24) is 10.2 Å². The summed E-state index contributed by atoms with van der Waals surface area (Å²) in [5.41, 5.74) is 0. The molecule has 4 saturated carbocycles. The first-order valence-electron chi connectivity index (χ1n) is 7.99. The van der Waals surface area contributed by atoms with Crippen molar-refractivity contribution < 1.29 is 4.79 Å². The number of hydrogen-bond donors (Lipinski definition) is 1. The fourth-order valence-electron chi connectivity index (χ4n) is 5.16. The maximum atomic E-state index is 11.9. The molecule has 4 fully saturated rings. The molecule has 0 spiro atoms. The molecule has 4 bridgehead atoms. The predicted molar refractivity (Wildman–Crippen MR) is 76.7 cm³/mol. The molecule has 19 heavy (non-hydrogen) atoms. The summed E-state index contributed by atoms with van der Waals surface area (Å²) in [7, 11) is 3.67. The molecule has 0 saturated heterocycles. The number of carbonyl (C=O) groups excluding carboxylic acids is 1. The lowest BCUT2D eigenvalue weighted by atomic mass is 9.52. The van der Waals surface area contributed by atoms with Crippen molar-refractivity contribution >= 4 is 5.91 Å². The monoisotopic (exact) mass is 264 g/mol. The van der Waals surface area contributed by atoms with Gasteiger partial charge in [0, 0.05) is 14.1 Å². The molecule has 1 N–H and O–H groups in total. The molecule has 0 aromatic rings. The summed E-state index contributed by atoms with van der Waals surface area (Å²) in [6.45, 7) is 3.05.